The smallest absolute Gasteiger partial charge is 0.209 e. The third-order valence-corrected chi connectivity index (χ3v) is 1.52. The van der Waals surface area contributed by atoms with Crippen LogP contribution in [0.3, 0.4) is 0 Å². The van der Waals surface area contributed by atoms with Gasteiger partial charge in [0.15, 0.2) is 0 Å². The Bertz CT molecular complexity index is 90.3. The lowest BCUT2D eigenvalue weighted by atomic mass is 10.6. The van der Waals surface area contributed by atoms with Gasteiger partial charge in [0.1, 0.15) is 0 Å². The van der Waals surface area contributed by atoms with E-state index in [4.69, 9.17) is 18.9 Å². The molecule has 0 aromatic carbocycles. The lowest BCUT2D eigenvalue weighted by molar-refractivity contribution is -0.201. The molecule has 2 aliphatic heterocycles. The largest absolute Gasteiger partial charge is 0.346 e. The van der Waals surface area contributed by atoms with Crippen LogP contribution in [-0.4, -0.2) is 39.0 Å². The van der Waals surface area contributed by atoms with Crippen molar-refractivity contribution < 1.29 is 18.9 Å². The Hall–Kier alpha value is -0.160. The molecule has 0 N–H and O–H groups in total. The van der Waals surface area contributed by atoms with E-state index in [0.29, 0.717) is 26.4 Å². The van der Waals surface area contributed by atoms with Gasteiger partial charge in [-0.2, -0.15) is 0 Å². The van der Waals surface area contributed by atoms with Crippen LogP contribution in [0.1, 0.15) is 0 Å². The maximum atomic E-state index is 5.16. The molecule has 0 unspecified atom stereocenters. The molecule has 2 fully saturated rings. The van der Waals surface area contributed by atoms with Crippen molar-refractivity contribution in [3.63, 3.8) is 0 Å². The Labute approximate surface area is 59.0 Å². The molecule has 2 rings (SSSR count). The van der Waals surface area contributed by atoms with Gasteiger partial charge >= 0.3 is 0 Å². The van der Waals surface area contributed by atoms with Crippen LogP contribution in [0.15, 0.2) is 0 Å². The van der Waals surface area contributed by atoms with Crippen molar-refractivity contribution in [2.45, 2.75) is 12.6 Å². The molecule has 4 heteroatoms. The van der Waals surface area contributed by atoms with Crippen LogP contribution in [0.5, 0.6) is 0 Å². The van der Waals surface area contributed by atoms with Gasteiger partial charge in [-0.1, -0.05) is 0 Å². The first-order valence-electron chi connectivity index (χ1n) is 3.43. The average molecular weight is 146 g/mol. The van der Waals surface area contributed by atoms with Crippen molar-refractivity contribution >= 4 is 0 Å². The van der Waals surface area contributed by atoms with Crippen LogP contribution in [0, 0.1) is 0 Å². The molecule has 0 aliphatic carbocycles. The third-order valence-electron chi connectivity index (χ3n) is 1.52. The quantitative estimate of drug-likeness (QED) is 0.510. The first-order valence-corrected chi connectivity index (χ1v) is 3.43. The summed E-state index contributed by atoms with van der Waals surface area (Å²) in [7, 11) is 0. The molecule has 10 heavy (non-hydrogen) atoms. The van der Waals surface area contributed by atoms with Gasteiger partial charge in [-0.15, -0.1) is 0 Å². The summed E-state index contributed by atoms with van der Waals surface area (Å²) in [4.78, 5) is 0. The number of hydrogen-bond donors (Lipinski definition) is 0. The lowest BCUT2D eigenvalue weighted by Gasteiger charge is -2.14. The van der Waals surface area contributed by atoms with E-state index in [2.05, 4.69) is 0 Å². The van der Waals surface area contributed by atoms with Crippen LogP contribution >= 0.6 is 0 Å². The molecule has 0 atom stereocenters. The molecule has 0 radical (unpaired) electrons. The standard InChI is InChI=1S/C6H10O4/c1-2-8-5(7-1)6-9-3-4-10-6/h5-6H,1-4H2. The summed E-state index contributed by atoms with van der Waals surface area (Å²) < 4.78 is 20.7. The summed E-state index contributed by atoms with van der Waals surface area (Å²) >= 11 is 0. The molecule has 58 valence electrons. The fourth-order valence-electron chi connectivity index (χ4n) is 1.07. The Kier molecular flexibility index (Phi) is 1.86. The summed E-state index contributed by atoms with van der Waals surface area (Å²) in [6.45, 7) is 2.59. The highest BCUT2D eigenvalue weighted by Crippen LogP contribution is 2.15. The maximum absolute atomic E-state index is 5.16. The molecule has 2 saturated heterocycles. The van der Waals surface area contributed by atoms with Crippen LogP contribution in [0.2, 0.25) is 0 Å². The minimum absolute atomic E-state index is 0.289. The molecule has 0 aromatic heterocycles. The molecule has 0 spiro atoms. The zero-order chi connectivity index (χ0) is 6.81. The van der Waals surface area contributed by atoms with Crippen molar-refractivity contribution in [1.29, 1.82) is 0 Å². The van der Waals surface area contributed by atoms with E-state index in [9.17, 15) is 0 Å². The SMILES string of the molecule is C1COC(C2OCCO2)O1. The Morgan fingerprint density at radius 3 is 1.20 bits per heavy atom. The predicted octanol–water partition coefficient (Wildman–Crippen LogP) is -0.268. The minimum Gasteiger partial charge on any atom is -0.346 e. The molecule has 2 heterocycles. The highest BCUT2D eigenvalue weighted by Gasteiger charge is 2.31. The molecular weight excluding hydrogens is 136 g/mol. The van der Waals surface area contributed by atoms with Crippen molar-refractivity contribution in [1.82, 2.24) is 0 Å². The highest BCUT2D eigenvalue weighted by molar-refractivity contribution is 4.60. The zero-order valence-corrected chi connectivity index (χ0v) is 5.62. The van der Waals surface area contributed by atoms with Gasteiger partial charge in [0.2, 0.25) is 12.6 Å². The second-order valence-corrected chi connectivity index (χ2v) is 2.22. The van der Waals surface area contributed by atoms with E-state index >= 15 is 0 Å². The third kappa shape index (κ3) is 1.15. The summed E-state index contributed by atoms with van der Waals surface area (Å²) in [5.74, 6) is 0. The van der Waals surface area contributed by atoms with Gasteiger partial charge in [-0.25, -0.2) is 0 Å². The number of hydrogen-bond acceptors (Lipinski definition) is 4. The Morgan fingerprint density at radius 1 is 0.600 bits per heavy atom. The second-order valence-electron chi connectivity index (χ2n) is 2.22. The highest BCUT2D eigenvalue weighted by atomic mass is 16.8. The van der Waals surface area contributed by atoms with E-state index in [-0.39, 0.29) is 12.6 Å². The molecule has 4 nitrogen and oxygen atoms in total. The van der Waals surface area contributed by atoms with Gasteiger partial charge in [-0.05, 0) is 0 Å². The zero-order valence-electron chi connectivity index (χ0n) is 5.62. The van der Waals surface area contributed by atoms with E-state index < -0.39 is 0 Å². The predicted molar refractivity (Wildman–Crippen MR) is 31.4 cm³/mol. The van der Waals surface area contributed by atoms with Crippen LogP contribution in [0.25, 0.3) is 0 Å². The lowest BCUT2D eigenvalue weighted by Crippen LogP contribution is -2.27. The van der Waals surface area contributed by atoms with Crippen LogP contribution < -0.4 is 0 Å². The van der Waals surface area contributed by atoms with E-state index in [1.165, 1.54) is 0 Å². The maximum Gasteiger partial charge on any atom is 0.209 e. The average Bonchev–Trinajstić information content (AvgIpc) is 2.59. The Morgan fingerprint density at radius 2 is 0.900 bits per heavy atom. The van der Waals surface area contributed by atoms with Crippen molar-refractivity contribution in [2.75, 3.05) is 26.4 Å². The van der Waals surface area contributed by atoms with Gasteiger partial charge in [-0.3, -0.25) is 0 Å². The van der Waals surface area contributed by atoms with Gasteiger partial charge < -0.3 is 18.9 Å². The molecule has 2 aliphatic rings. The fourth-order valence-corrected chi connectivity index (χ4v) is 1.07. The Balaban J connectivity index is 1.85. The monoisotopic (exact) mass is 146 g/mol. The van der Waals surface area contributed by atoms with Crippen molar-refractivity contribution in [2.24, 2.45) is 0 Å². The number of rotatable bonds is 1. The minimum atomic E-state index is -0.289. The first-order chi connectivity index (χ1) is 4.97. The first kappa shape index (κ1) is 6.54. The van der Waals surface area contributed by atoms with Gasteiger partial charge in [0.25, 0.3) is 0 Å². The van der Waals surface area contributed by atoms with E-state index in [1.807, 2.05) is 0 Å². The molecule has 0 saturated carbocycles. The van der Waals surface area contributed by atoms with Crippen molar-refractivity contribution in [3.05, 3.63) is 0 Å². The molecule has 0 bridgehead atoms. The topological polar surface area (TPSA) is 36.9 Å². The van der Waals surface area contributed by atoms with Gasteiger partial charge in [0.05, 0.1) is 26.4 Å². The summed E-state index contributed by atoms with van der Waals surface area (Å²) in [6.07, 6.45) is -0.579. The summed E-state index contributed by atoms with van der Waals surface area (Å²) in [6, 6.07) is 0. The normalized spacial score (nSPS) is 30.0. The molecular formula is C6H10O4. The van der Waals surface area contributed by atoms with Gasteiger partial charge in [0, 0.05) is 0 Å². The summed E-state index contributed by atoms with van der Waals surface area (Å²) in [5.41, 5.74) is 0. The van der Waals surface area contributed by atoms with Crippen LogP contribution in [-0.2, 0) is 18.9 Å². The van der Waals surface area contributed by atoms with E-state index in [1.54, 1.807) is 0 Å². The summed E-state index contributed by atoms with van der Waals surface area (Å²) in [5, 5.41) is 0. The molecule has 0 amide bonds. The van der Waals surface area contributed by atoms with E-state index in [0.717, 1.165) is 0 Å². The molecule has 0 aromatic rings. The fraction of sp³-hybridized carbons (Fsp3) is 1.00. The number of ether oxygens (including phenoxy) is 4. The second kappa shape index (κ2) is 2.84. The van der Waals surface area contributed by atoms with Crippen molar-refractivity contribution in [3.8, 4) is 0 Å². The van der Waals surface area contributed by atoms with Crippen LogP contribution in [0.4, 0.5) is 0 Å².